The summed E-state index contributed by atoms with van der Waals surface area (Å²) in [5.74, 6) is 0.474. The summed E-state index contributed by atoms with van der Waals surface area (Å²) >= 11 is 0. The fourth-order valence-corrected chi connectivity index (χ4v) is 2.69. The van der Waals surface area contributed by atoms with Gasteiger partial charge in [0.05, 0.1) is 19.3 Å². The monoisotopic (exact) mass is 334 g/mol. The predicted octanol–water partition coefficient (Wildman–Crippen LogP) is 0.560. The highest BCUT2D eigenvalue weighted by Gasteiger charge is 2.23. The second-order valence-electron chi connectivity index (χ2n) is 6.27. The van der Waals surface area contributed by atoms with Gasteiger partial charge in [0.2, 0.25) is 5.91 Å². The van der Waals surface area contributed by atoms with Crippen molar-refractivity contribution in [2.45, 2.75) is 18.9 Å². The third-order valence-electron chi connectivity index (χ3n) is 4.28. The first-order chi connectivity index (χ1) is 11.4. The summed E-state index contributed by atoms with van der Waals surface area (Å²) in [6, 6.07) is 5.13. The number of nitrogens with one attached hydrogen (secondary N) is 1. The van der Waals surface area contributed by atoms with E-state index in [0.29, 0.717) is 23.5 Å². The molecule has 2 rings (SSSR count). The van der Waals surface area contributed by atoms with Crippen molar-refractivity contribution in [3.05, 3.63) is 23.8 Å². The molecule has 1 aromatic carbocycles. The molecular formula is C17H26N4O3. The number of anilines is 1. The molecule has 24 heavy (non-hydrogen) atoms. The van der Waals surface area contributed by atoms with E-state index in [4.69, 9.17) is 10.5 Å². The van der Waals surface area contributed by atoms with Crippen molar-refractivity contribution in [2.24, 2.45) is 0 Å². The molecule has 1 aliphatic rings. The average molecular weight is 334 g/mol. The number of hydrogen-bond donors (Lipinski definition) is 2. The Bertz CT molecular complexity index is 595. The van der Waals surface area contributed by atoms with E-state index < -0.39 is 0 Å². The van der Waals surface area contributed by atoms with Crippen molar-refractivity contribution in [1.82, 2.24) is 15.1 Å². The van der Waals surface area contributed by atoms with Crippen LogP contribution in [0.4, 0.5) is 5.69 Å². The first kappa shape index (κ1) is 18.1. The van der Waals surface area contributed by atoms with Gasteiger partial charge in [-0.2, -0.15) is 0 Å². The van der Waals surface area contributed by atoms with Crippen LogP contribution in [0.2, 0.25) is 0 Å². The summed E-state index contributed by atoms with van der Waals surface area (Å²) in [5, 5.41) is 3.05. The van der Waals surface area contributed by atoms with E-state index in [2.05, 4.69) is 10.2 Å². The second kappa shape index (κ2) is 8.01. The van der Waals surface area contributed by atoms with Gasteiger partial charge in [0.1, 0.15) is 5.75 Å². The number of nitrogen functional groups attached to an aromatic ring is 1. The van der Waals surface area contributed by atoms with Gasteiger partial charge >= 0.3 is 0 Å². The molecule has 0 aromatic heterocycles. The van der Waals surface area contributed by atoms with Crippen LogP contribution in [0.25, 0.3) is 0 Å². The molecule has 7 heteroatoms. The lowest BCUT2D eigenvalue weighted by atomic mass is 10.0. The smallest absolute Gasteiger partial charge is 0.251 e. The normalized spacial score (nSPS) is 15.8. The molecule has 1 fully saturated rings. The molecule has 0 spiro atoms. The van der Waals surface area contributed by atoms with Crippen LogP contribution in [0.5, 0.6) is 5.75 Å². The number of benzene rings is 1. The molecule has 2 amide bonds. The predicted molar refractivity (Wildman–Crippen MR) is 93.0 cm³/mol. The fourth-order valence-electron chi connectivity index (χ4n) is 2.69. The van der Waals surface area contributed by atoms with Gasteiger partial charge in [-0.3, -0.25) is 14.5 Å². The summed E-state index contributed by atoms with van der Waals surface area (Å²) < 4.78 is 5.15. The molecule has 1 aromatic rings. The SMILES string of the molecule is COc1cc(C(=O)NC2CCN(CC(=O)N(C)C)CC2)ccc1N. The van der Waals surface area contributed by atoms with Gasteiger partial charge in [0.15, 0.2) is 0 Å². The standard InChI is InChI=1S/C17H26N4O3/c1-20(2)16(22)11-21-8-6-13(7-9-21)19-17(23)12-4-5-14(18)15(10-12)24-3/h4-5,10,13H,6-9,11,18H2,1-3H3,(H,19,23). The molecule has 0 bridgehead atoms. The van der Waals surface area contributed by atoms with Gasteiger partial charge in [-0.15, -0.1) is 0 Å². The second-order valence-corrected chi connectivity index (χ2v) is 6.27. The molecule has 3 N–H and O–H groups in total. The topological polar surface area (TPSA) is 87.9 Å². The van der Waals surface area contributed by atoms with Gasteiger partial charge in [-0.25, -0.2) is 0 Å². The molecule has 0 saturated carbocycles. The molecule has 1 aliphatic heterocycles. The van der Waals surface area contributed by atoms with Crippen LogP contribution in [0, 0.1) is 0 Å². The largest absolute Gasteiger partial charge is 0.495 e. The van der Waals surface area contributed by atoms with Crippen LogP contribution in [-0.4, -0.2) is 68.5 Å². The summed E-state index contributed by atoms with van der Waals surface area (Å²) in [4.78, 5) is 27.8. The van der Waals surface area contributed by atoms with E-state index in [9.17, 15) is 9.59 Å². The van der Waals surface area contributed by atoms with E-state index >= 15 is 0 Å². The number of likely N-dealkylation sites (tertiary alicyclic amines) is 1. The third-order valence-corrected chi connectivity index (χ3v) is 4.28. The minimum Gasteiger partial charge on any atom is -0.495 e. The highest BCUT2D eigenvalue weighted by Crippen LogP contribution is 2.22. The molecular weight excluding hydrogens is 308 g/mol. The maximum atomic E-state index is 12.4. The summed E-state index contributed by atoms with van der Waals surface area (Å²) in [6.07, 6.45) is 1.66. The number of methoxy groups -OCH3 is 1. The molecule has 1 heterocycles. The number of likely N-dealkylation sites (N-methyl/N-ethyl adjacent to an activating group) is 1. The Morgan fingerprint density at radius 1 is 1.33 bits per heavy atom. The lowest BCUT2D eigenvalue weighted by molar-refractivity contribution is -0.130. The summed E-state index contributed by atoms with van der Waals surface area (Å²) in [5.41, 5.74) is 6.81. The van der Waals surface area contributed by atoms with Crippen LogP contribution in [0.3, 0.4) is 0 Å². The maximum Gasteiger partial charge on any atom is 0.251 e. The van der Waals surface area contributed by atoms with E-state index in [1.54, 1.807) is 37.2 Å². The van der Waals surface area contributed by atoms with Crippen molar-refractivity contribution in [3.63, 3.8) is 0 Å². The Hall–Kier alpha value is -2.28. The molecule has 0 atom stereocenters. The zero-order chi connectivity index (χ0) is 17.7. The Balaban J connectivity index is 1.85. The first-order valence-corrected chi connectivity index (χ1v) is 8.07. The first-order valence-electron chi connectivity index (χ1n) is 8.07. The fraction of sp³-hybridized carbons (Fsp3) is 0.529. The molecule has 1 saturated heterocycles. The Morgan fingerprint density at radius 2 is 2.00 bits per heavy atom. The molecule has 0 radical (unpaired) electrons. The average Bonchev–Trinajstić information content (AvgIpc) is 2.56. The van der Waals surface area contributed by atoms with Crippen molar-refractivity contribution in [3.8, 4) is 5.75 Å². The van der Waals surface area contributed by atoms with E-state index in [1.165, 1.54) is 7.11 Å². The minimum absolute atomic E-state index is 0.103. The minimum atomic E-state index is -0.129. The maximum absolute atomic E-state index is 12.4. The zero-order valence-electron chi connectivity index (χ0n) is 14.5. The number of piperidine rings is 1. The highest BCUT2D eigenvalue weighted by atomic mass is 16.5. The number of carbonyl (C=O) groups excluding carboxylic acids is 2. The van der Waals surface area contributed by atoms with Gasteiger partial charge in [-0.1, -0.05) is 0 Å². The number of amides is 2. The van der Waals surface area contributed by atoms with Crippen molar-refractivity contribution < 1.29 is 14.3 Å². The third kappa shape index (κ3) is 4.61. The summed E-state index contributed by atoms with van der Waals surface area (Å²) in [7, 11) is 5.05. The van der Waals surface area contributed by atoms with Gasteiger partial charge in [0.25, 0.3) is 5.91 Å². The summed E-state index contributed by atoms with van der Waals surface area (Å²) in [6.45, 7) is 2.04. The van der Waals surface area contributed by atoms with Gasteiger partial charge in [0, 0.05) is 38.8 Å². The Kier molecular flexibility index (Phi) is 6.03. The molecule has 132 valence electrons. The van der Waals surface area contributed by atoms with Gasteiger partial charge < -0.3 is 20.7 Å². The van der Waals surface area contributed by atoms with Crippen LogP contribution in [0.15, 0.2) is 18.2 Å². The molecule has 7 nitrogen and oxygen atoms in total. The molecule has 0 aliphatic carbocycles. The van der Waals surface area contributed by atoms with E-state index in [-0.39, 0.29) is 17.9 Å². The van der Waals surface area contributed by atoms with E-state index in [0.717, 1.165) is 25.9 Å². The van der Waals surface area contributed by atoms with E-state index in [1.807, 2.05) is 0 Å². The number of nitrogens with two attached hydrogens (primary N) is 1. The van der Waals surface area contributed by atoms with Crippen molar-refractivity contribution in [2.75, 3.05) is 46.6 Å². The Morgan fingerprint density at radius 3 is 2.58 bits per heavy atom. The molecule has 0 unspecified atom stereocenters. The lowest BCUT2D eigenvalue weighted by Gasteiger charge is -2.32. The number of carbonyl (C=O) groups is 2. The highest BCUT2D eigenvalue weighted by molar-refractivity contribution is 5.95. The number of nitrogens with zero attached hydrogens (tertiary/aromatic N) is 2. The van der Waals surface area contributed by atoms with Crippen molar-refractivity contribution >= 4 is 17.5 Å². The van der Waals surface area contributed by atoms with Crippen LogP contribution in [0.1, 0.15) is 23.2 Å². The number of rotatable bonds is 5. The van der Waals surface area contributed by atoms with Crippen molar-refractivity contribution in [1.29, 1.82) is 0 Å². The quantitative estimate of drug-likeness (QED) is 0.768. The Labute approximate surface area is 142 Å². The van der Waals surface area contributed by atoms with Crippen LogP contribution >= 0.6 is 0 Å². The zero-order valence-corrected chi connectivity index (χ0v) is 14.5. The van der Waals surface area contributed by atoms with Crippen LogP contribution in [-0.2, 0) is 4.79 Å². The lowest BCUT2D eigenvalue weighted by Crippen LogP contribution is -2.47. The van der Waals surface area contributed by atoms with Crippen LogP contribution < -0.4 is 15.8 Å². The number of ether oxygens (including phenoxy) is 1. The number of hydrogen-bond acceptors (Lipinski definition) is 5. The van der Waals surface area contributed by atoms with Gasteiger partial charge in [-0.05, 0) is 31.0 Å².